The fourth-order valence-electron chi connectivity index (χ4n) is 5.04. The number of carbonyl (C=O) groups excluding carboxylic acids is 5. The molecule has 3 aromatic carbocycles. The third kappa shape index (κ3) is 13.2. The van der Waals surface area contributed by atoms with Crippen LogP contribution in [-0.4, -0.2) is 80.8 Å². The van der Waals surface area contributed by atoms with Gasteiger partial charge < -0.3 is 35.7 Å². The molecule has 2 atom stereocenters. The van der Waals surface area contributed by atoms with Gasteiger partial charge in [0.25, 0.3) is 5.91 Å². The molecule has 4 rings (SSSR count). The van der Waals surface area contributed by atoms with Crippen LogP contribution in [0.3, 0.4) is 0 Å². The summed E-state index contributed by atoms with van der Waals surface area (Å²) in [5, 5.41) is 15.0. The summed E-state index contributed by atoms with van der Waals surface area (Å²) < 4.78 is 16.8. The molecule has 284 valence electrons. The van der Waals surface area contributed by atoms with E-state index in [4.69, 9.17) is 19.9 Å². The van der Waals surface area contributed by atoms with E-state index < -0.39 is 54.7 Å². The topological polar surface area (TPSA) is 221 Å². The number of unbranched alkanes of at least 4 members (excludes halogenated alkanes) is 1. The van der Waals surface area contributed by atoms with Gasteiger partial charge in [-0.2, -0.15) is 0 Å². The fraction of sp³-hybridized carbons (Fsp3) is 0.289. The molecule has 16 heteroatoms. The maximum absolute atomic E-state index is 13.4. The van der Waals surface area contributed by atoms with Gasteiger partial charge in [-0.05, 0) is 36.0 Å². The van der Waals surface area contributed by atoms with Crippen molar-refractivity contribution in [2.75, 3.05) is 13.1 Å². The average Bonchev–Trinajstić information content (AvgIpc) is 3.66. The van der Waals surface area contributed by atoms with E-state index in [-0.39, 0.29) is 51.3 Å². The minimum absolute atomic E-state index is 0.0475. The van der Waals surface area contributed by atoms with Crippen molar-refractivity contribution >= 4 is 36.1 Å². The number of aromatic nitrogens is 2. The molecule has 0 radical (unpaired) electrons. The number of carbonyl (C=O) groups is 6. The quantitative estimate of drug-likeness (QED) is 0.0845. The number of nitrogens with two attached hydrogens (primary N) is 1. The van der Waals surface area contributed by atoms with Gasteiger partial charge in [0.05, 0.1) is 18.3 Å². The van der Waals surface area contributed by atoms with Crippen LogP contribution in [0.25, 0.3) is 0 Å². The molecule has 0 bridgehead atoms. The molecule has 0 unspecified atom stereocenters. The first-order valence-corrected chi connectivity index (χ1v) is 17.1. The predicted octanol–water partition coefficient (Wildman–Crippen LogP) is 3.77. The zero-order valence-electron chi connectivity index (χ0n) is 29.4. The monoisotopic (exact) mass is 742 g/mol. The number of nitrogens with one attached hydrogen (secondary N) is 2. The van der Waals surface area contributed by atoms with E-state index in [1.54, 1.807) is 42.5 Å². The van der Waals surface area contributed by atoms with Gasteiger partial charge in [-0.15, -0.1) is 0 Å². The number of aliphatic carboxylic acids is 1. The molecule has 1 aromatic heterocycles. The fourth-order valence-corrected chi connectivity index (χ4v) is 5.04. The summed E-state index contributed by atoms with van der Waals surface area (Å²) in [4.78, 5) is 80.9. The third-order valence-corrected chi connectivity index (χ3v) is 7.89. The van der Waals surface area contributed by atoms with Crippen molar-refractivity contribution < 1.29 is 48.1 Å². The van der Waals surface area contributed by atoms with E-state index in [2.05, 4.69) is 15.6 Å². The number of hydrogen-bond acceptors (Lipinski definition) is 11. The van der Waals surface area contributed by atoms with Crippen molar-refractivity contribution in [2.45, 2.75) is 57.6 Å². The Balaban J connectivity index is 1.30. The summed E-state index contributed by atoms with van der Waals surface area (Å²) in [5.74, 6) is -3.32. The standard InChI is InChI=1S/C38H42N6O10/c39-31(20-30-22-43(26-42-30)37(50)53-24-28-14-6-2-7-15-28)34(46)41-21-33(45)44(38(51)54-25-29-16-8-3-9-17-29)32(35(47)48)18-10-11-19-40-36(49)52-23-27-12-4-1-5-13-27/h1-9,12-17,22,26,31-32H,10-11,18-21,23-25,39H2,(H,40,49)(H,41,46)(H,47,48)/t31-,32-/m0/s1. The number of amides is 4. The maximum atomic E-state index is 13.4. The molecule has 1 heterocycles. The largest absolute Gasteiger partial charge is 0.480 e. The Labute approximate surface area is 311 Å². The van der Waals surface area contributed by atoms with Crippen molar-refractivity contribution in [3.63, 3.8) is 0 Å². The Bertz CT molecular complexity index is 1840. The Hall–Kier alpha value is -6.55. The van der Waals surface area contributed by atoms with Crippen LogP contribution in [0.5, 0.6) is 0 Å². The zero-order chi connectivity index (χ0) is 38.7. The number of carboxylic acids is 1. The highest BCUT2D eigenvalue weighted by Gasteiger charge is 2.36. The van der Waals surface area contributed by atoms with E-state index in [1.807, 2.05) is 48.5 Å². The molecule has 0 fully saturated rings. The second-order valence-electron chi connectivity index (χ2n) is 12.0. The lowest BCUT2D eigenvalue weighted by molar-refractivity contribution is -0.149. The zero-order valence-corrected chi connectivity index (χ0v) is 29.4. The Morgan fingerprint density at radius 1 is 0.759 bits per heavy atom. The number of imide groups is 1. The molecule has 5 N–H and O–H groups in total. The van der Waals surface area contributed by atoms with Crippen LogP contribution in [0.1, 0.15) is 41.6 Å². The van der Waals surface area contributed by atoms with Crippen molar-refractivity contribution in [2.24, 2.45) is 5.73 Å². The van der Waals surface area contributed by atoms with Gasteiger partial charge in [0, 0.05) is 19.2 Å². The second-order valence-corrected chi connectivity index (χ2v) is 12.0. The van der Waals surface area contributed by atoms with Crippen LogP contribution in [-0.2, 0) is 54.8 Å². The van der Waals surface area contributed by atoms with Gasteiger partial charge >= 0.3 is 24.2 Å². The molecule has 4 aromatic rings. The van der Waals surface area contributed by atoms with Gasteiger partial charge in [-0.25, -0.2) is 33.6 Å². The van der Waals surface area contributed by atoms with Gasteiger partial charge in [0.2, 0.25) is 5.91 Å². The Kier molecular flexibility index (Phi) is 15.7. The molecule has 0 saturated carbocycles. The molecule has 0 aliphatic rings. The summed E-state index contributed by atoms with van der Waals surface area (Å²) in [6.07, 6.45) is 0.213. The number of benzene rings is 3. The predicted molar refractivity (Wildman–Crippen MR) is 192 cm³/mol. The van der Waals surface area contributed by atoms with E-state index in [1.165, 1.54) is 12.5 Å². The number of ether oxygens (including phenoxy) is 3. The highest BCUT2D eigenvalue weighted by atomic mass is 16.6. The van der Waals surface area contributed by atoms with E-state index in [0.717, 1.165) is 15.7 Å². The molecule has 0 aliphatic carbocycles. The van der Waals surface area contributed by atoms with Gasteiger partial charge in [-0.1, -0.05) is 91.0 Å². The molecule has 54 heavy (non-hydrogen) atoms. The van der Waals surface area contributed by atoms with E-state index >= 15 is 0 Å². The Morgan fingerprint density at radius 2 is 1.31 bits per heavy atom. The van der Waals surface area contributed by atoms with Crippen LogP contribution in [0.15, 0.2) is 104 Å². The van der Waals surface area contributed by atoms with Crippen molar-refractivity contribution in [3.8, 4) is 0 Å². The van der Waals surface area contributed by atoms with Crippen molar-refractivity contribution in [1.29, 1.82) is 0 Å². The lowest BCUT2D eigenvalue weighted by atomic mass is 10.1. The minimum atomic E-state index is -1.65. The average molecular weight is 743 g/mol. The highest BCUT2D eigenvalue weighted by Crippen LogP contribution is 2.14. The second kappa shape index (κ2) is 21.1. The van der Waals surface area contributed by atoms with Crippen LogP contribution in [0.4, 0.5) is 14.4 Å². The smallest absolute Gasteiger partial charge is 0.419 e. The van der Waals surface area contributed by atoms with Crippen molar-refractivity contribution in [3.05, 3.63) is 126 Å². The SMILES string of the molecule is N[C@@H](Cc1cn(C(=O)OCc2ccccc2)cn1)C(=O)NCC(=O)N(C(=O)OCc1ccccc1)[C@@H](CCCCNC(=O)OCc1ccccc1)C(=O)O. The normalized spacial score (nSPS) is 11.7. The first-order valence-electron chi connectivity index (χ1n) is 17.1. The van der Waals surface area contributed by atoms with Crippen LogP contribution in [0.2, 0.25) is 0 Å². The number of alkyl carbamates (subject to hydrolysis) is 1. The number of hydrogen-bond donors (Lipinski definition) is 4. The first-order chi connectivity index (χ1) is 26.1. The number of rotatable bonds is 18. The van der Waals surface area contributed by atoms with Gasteiger partial charge in [0.1, 0.15) is 32.2 Å². The molecule has 16 nitrogen and oxygen atoms in total. The first kappa shape index (κ1) is 40.2. The van der Waals surface area contributed by atoms with Crippen LogP contribution >= 0.6 is 0 Å². The van der Waals surface area contributed by atoms with E-state index in [9.17, 15) is 33.9 Å². The molecular formula is C38H42N6O10. The molecular weight excluding hydrogens is 700 g/mol. The third-order valence-electron chi connectivity index (χ3n) is 7.89. The number of carboxylic acid groups (broad SMARTS) is 1. The van der Waals surface area contributed by atoms with E-state index in [0.29, 0.717) is 16.9 Å². The molecule has 0 saturated heterocycles. The van der Waals surface area contributed by atoms with Gasteiger partial charge in [0.15, 0.2) is 0 Å². The summed E-state index contributed by atoms with van der Waals surface area (Å²) in [6.45, 7) is -0.743. The highest BCUT2D eigenvalue weighted by molar-refractivity contribution is 5.99. The maximum Gasteiger partial charge on any atom is 0.419 e. The van der Waals surface area contributed by atoms with Crippen LogP contribution < -0.4 is 16.4 Å². The molecule has 0 spiro atoms. The number of imidazole rings is 1. The van der Waals surface area contributed by atoms with Gasteiger partial charge in [-0.3, -0.25) is 9.59 Å². The molecule has 4 amide bonds. The molecule has 0 aliphatic heterocycles. The lowest BCUT2D eigenvalue weighted by Crippen LogP contribution is -2.53. The minimum Gasteiger partial charge on any atom is -0.480 e. The summed E-state index contributed by atoms with van der Waals surface area (Å²) in [5.41, 5.74) is 8.54. The summed E-state index contributed by atoms with van der Waals surface area (Å²) in [7, 11) is 0. The number of nitrogens with zero attached hydrogens (tertiary/aromatic N) is 3. The summed E-state index contributed by atoms with van der Waals surface area (Å²) >= 11 is 0. The van der Waals surface area contributed by atoms with Crippen LogP contribution in [0, 0.1) is 0 Å². The Morgan fingerprint density at radius 3 is 1.89 bits per heavy atom. The lowest BCUT2D eigenvalue weighted by Gasteiger charge is -2.27. The van der Waals surface area contributed by atoms with Crippen molar-refractivity contribution in [1.82, 2.24) is 25.1 Å². The summed E-state index contributed by atoms with van der Waals surface area (Å²) in [6, 6.07) is 23.9.